The molecule has 8 nitrogen and oxygen atoms in total. The van der Waals surface area contributed by atoms with Gasteiger partial charge in [0.25, 0.3) is 11.8 Å². The molecule has 6 rings (SSSR count). The number of likely N-dealkylation sites (tertiary alicyclic amines) is 2. The summed E-state index contributed by atoms with van der Waals surface area (Å²) in [7, 11) is 1.35. The summed E-state index contributed by atoms with van der Waals surface area (Å²) < 4.78 is 5.86. The Kier molecular flexibility index (Phi) is 5.49. The van der Waals surface area contributed by atoms with Crippen LogP contribution in [0.25, 0.3) is 0 Å². The number of amides is 4. The molecule has 192 valence electrons. The first-order valence-electron chi connectivity index (χ1n) is 12.6. The van der Waals surface area contributed by atoms with Crippen LogP contribution in [0.3, 0.4) is 0 Å². The first-order chi connectivity index (χ1) is 17.1. The first kappa shape index (κ1) is 24.2. The lowest BCUT2D eigenvalue weighted by Crippen LogP contribution is -2.60. The molecule has 1 aromatic rings. The van der Waals surface area contributed by atoms with E-state index in [4.69, 9.17) is 27.6 Å². The van der Waals surface area contributed by atoms with Crippen LogP contribution in [-0.2, 0) is 25.8 Å². The Morgan fingerprint density at radius 2 is 1.75 bits per heavy atom. The Morgan fingerprint density at radius 1 is 1.03 bits per heavy atom. The van der Waals surface area contributed by atoms with Crippen LogP contribution in [0, 0.1) is 17.8 Å². The Labute approximate surface area is 218 Å². The Bertz CT molecular complexity index is 1200. The second kappa shape index (κ2) is 8.17. The van der Waals surface area contributed by atoms with Gasteiger partial charge in [-0.1, -0.05) is 30.9 Å². The number of imide groups is 2. The zero-order chi connectivity index (χ0) is 25.6. The summed E-state index contributed by atoms with van der Waals surface area (Å²) in [5.74, 6) is -3.70. The lowest BCUT2D eigenvalue weighted by Gasteiger charge is -2.49. The topological polar surface area (TPSA) is 108 Å². The number of alkyl halides is 2. The Morgan fingerprint density at radius 3 is 2.42 bits per heavy atom. The minimum Gasteiger partial charge on any atom is -0.463 e. The van der Waals surface area contributed by atoms with E-state index in [9.17, 15) is 24.3 Å². The molecule has 1 aromatic heterocycles. The number of carbonyl (C=O) groups is 4. The number of allylic oxidation sites excluding steroid dienone is 2. The van der Waals surface area contributed by atoms with Crippen molar-refractivity contribution in [2.24, 2.45) is 17.8 Å². The van der Waals surface area contributed by atoms with Crippen molar-refractivity contribution < 1.29 is 28.7 Å². The minimum atomic E-state index is -1.87. The second-order valence-electron chi connectivity index (χ2n) is 10.8. The summed E-state index contributed by atoms with van der Waals surface area (Å²) in [5.41, 5.74) is 0.699. The SMILES string of the molecule is CN1C(=O)C2(Cl)CC3C(=CCC4C(=O)N(C5CCCCC5)C(=O)C43)C(c3ccc(CO)o3)C2(Cl)C1=O. The Balaban J connectivity index is 1.47. The fourth-order valence-corrected chi connectivity index (χ4v) is 8.42. The van der Waals surface area contributed by atoms with E-state index >= 15 is 0 Å². The van der Waals surface area contributed by atoms with E-state index in [0.717, 1.165) is 37.0 Å². The number of nitrogens with zero attached hydrogens (tertiary/aromatic N) is 2. The molecule has 5 aliphatic rings. The van der Waals surface area contributed by atoms with Crippen molar-refractivity contribution >= 4 is 46.8 Å². The number of halogens is 2. The molecule has 10 heteroatoms. The van der Waals surface area contributed by atoms with Gasteiger partial charge in [-0.05, 0) is 43.7 Å². The fourth-order valence-electron chi connectivity index (χ4n) is 7.41. The molecule has 0 radical (unpaired) electrons. The lowest BCUT2D eigenvalue weighted by molar-refractivity contribution is -0.144. The van der Waals surface area contributed by atoms with Gasteiger partial charge in [-0.3, -0.25) is 29.0 Å². The number of aliphatic hydroxyl groups is 1. The molecule has 6 atom stereocenters. The maximum Gasteiger partial charge on any atom is 0.253 e. The van der Waals surface area contributed by atoms with Gasteiger partial charge >= 0.3 is 0 Å². The van der Waals surface area contributed by atoms with Crippen LogP contribution < -0.4 is 0 Å². The predicted octanol–water partition coefficient (Wildman–Crippen LogP) is 3.09. The average molecular weight is 535 g/mol. The molecule has 2 saturated heterocycles. The van der Waals surface area contributed by atoms with Crippen LogP contribution in [0.2, 0.25) is 0 Å². The van der Waals surface area contributed by atoms with E-state index in [0.29, 0.717) is 17.8 Å². The van der Waals surface area contributed by atoms with Crippen LogP contribution in [0.5, 0.6) is 0 Å². The first-order valence-corrected chi connectivity index (χ1v) is 13.4. The van der Waals surface area contributed by atoms with Gasteiger partial charge in [0.1, 0.15) is 18.1 Å². The normalized spacial score (nSPS) is 38.8. The van der Waals surface area contributed by atoms with Crippen LogP contribution in [0.15, 0.2) is 28.2 Å². The van der Waals surface area contributed by atoms with Crippen LogP contribution in [0.1, 0.15) is 62.4 Å². The molecule has 6 unspecified atom stereocenters. The number of fused-ring (bicyclic) bond motifs is 4. The summed E-state index contributed by atoms with van der Waals surface area (Å²) >= 11 is 14.2. The number of rotatable bonds is 3. The molecule has 0 bridgehead atoms. The quantitative estimate of drug-likeness (QED) is 0.362. The molecular formula is C26H28Cl2N2O6. The molecule has 0 spiro atoms. The van der Waals surface area contributed by atoms with Crippen LogP contribution in [-0.4, -0.2) is 61.4 Å². The van der Waals surface area contributed by atoms with Crippen molar-refractivity contribution in [3.63, 3.8) is 0 Å². The number of hydrogen-bond acceptors (Lipinski definition) is 6. The van der Waals surface area contributed by atoms with Gasteiger partial charge in [0, 0.05) is 13.1 Å². The van der Waals surface area contributed by atoms with Crippen LogP contribution in [0.4, 0.5) is 0 Å². The van der Waals surface area contributed by atoms with Gasteiger partial charge in [0.15, 0.2) is 9.75 Å². The third kappa shape index (κ3) is 2.92. The highest BCUT2D eigenvalue weighted by molar-refractivity contribution is 6.53. The zero-order valence-electron chi connectivity index (χ0n) is 19.9. The molecule has 2 saturated carbocycles. The predicted molar refractivity (Wildman–Crippen MR) is 129 cm³/mol. The van der Waals surface area contributed by atoms with E-state index in [1.807, 2.05) is 6.08 Å². The smallest absolute Gasteiger partial charge is 0.253 e. The third-order valence-electron chi connectivity index (χ3n) is 9.11. The highest BCUT2D eigenvalue weighted by Gasteiger charge is 2.76. The summed E-state index contributed by atoms with van der Waals surface area (Å²) in [5, 5.41) is 9.58. The largest absolute Gasteiger partial charge is 0.463 e. The molecule has 3 aliphatic carbocycles. The van der Waals surface area contributed by atoms with Gasteiger partial charge < -0.3 is 9.52 Å². The molecule has 4 amide bonds. The van der Waals surface area contributed by atoms with E-state index in [2.05, 4.69) is 0 Å². The van der Waals surface area contributed by atoms with Crippen molar-refractivity contribution in [1.82, 2.24) is 9.80 Å². The van der Waals surface area contributed by atoms with E-state index in [-0.39, 0.29) is 36.6 Å². The van der Waals surface area contributed by atoms with E-state index in [1.165, 1.54) is 11.9 Å². The molecule has 36 heavy (non-hydrogen) atoms. The average Bonchev–Trinajstić information content (AvgIpc) is 3.49. The lowest BCUT2D eigenvalue weighted by atomic mass is 9.57. The Hall–Kier alpha value is -2.16. The molecule has 2 aliphatic heterocycles. The maximum absolute atomic E-state index is 13.9. The van der Waals surface area contributed by atoms with Gasteiger partial charge in [-0.2, -0.15) is 0 Å². The standard InChI is InChI=1S/C26H28Cl2N2O6/c1-29-23(34)25(27)11-17-15(20(26(25,28)24(29)35)18-10-7-14(12-31)36-18)8-9-16-19(17)22(33)30(21(16)32)13-5-3-2-4-6-13/h7-8,10,13,16-17,19-20,31H,2-6,9,11-12H2,1H3. The molecule has 0 aromatic carbocycles. The fraction of sp³-hybridized carbons (Fsp3) is 0.615. The molecule has 3 heterocycles. The van der Waals surface area contributed by atoms with Crippen molar-refractivity contribution in [1.29, 1.82) is 0 Å². The van der Waals surface area contributed by atoms with Crippen LogP contribution >= 0.6 is 23.2 Å². The van der Waals surface area contributed by atoms with Gasteiger partial charge in [-0.15, -0.1) is 23.2 Å². The minimum absolute atomic E-state index is 0.0262. The van der Waals surface area contributed by atoms with E-state index in [1.54, 1.807) is 12.1 Å². The third-order valence-corrected chi connectivity index (χ3v) is 10.5. The summed E-state index contributed by atoms with van der Waals surface area (Å²) in [4.78, 5) is 52.9. The number of aliphatic hydroxyl groups excluding tert-OH is 1. The summed E-state index contributed by atoms with van der Waals surface area (Å²) in [6.07, 6.45) is 6.90. The van der Waals surface area contributed by atoms with Crippen molar-refractivity contribution in [3.8, 4) is 0 Å². The summed E-state index contributed by atoms with van der Waals surface area (Å²) in [6.45, 7) is -0.350. The summed E-state index contributed by atoms with van der Waals surface area (Å²) in [6, 6.07) is 3.11. The maximum atomic E-state index is 13.9. The van der Waals surface area contributed by atoms with Gasteiger partial charge in [0.2, 0.25) is 11.8 Å². The van der Waals surface area contributed by atoms with Crippen molar-refractivity contribution in [3.05, 3.63) is 35.3 Å². The second-order valence-corrected chi connectivity index (χ2v) is 12.0. The molecule has 1 N–H and O–H groups in total. The highest BCUT2D eigenvalue weighted by atomic mass is 35.5. The molecule has 4 fully saturated rings. The number of carbonyl (C=O) groups excluding carboxylic acids is 4. The van der Waals surface area contributed by atoms with Crippen molar-refractivity contribution in [2.75, 3.05) is 7.05 Å². The molecular weight excluding hydrogens is 507 g/mol. The van der Waals surface area contributed by atoms with E-state index < -0.39 is 45.2 Å². The van der Waals surface area contributed by atoms with Gasteiger partial charge in [0.05, 0.1) is 17.8 Å². The monoisotopic (exact) mass is 534 g/mol. The van der Waals surface area contributed by atoms with Gasteiger partial charge in [-0.25, -0.2) is 0 Å². The number of furan rings is 1. The zero-order valence-corrected chi connectivity index (χ0v) is 21.4. The number of hydrogen-bond donors (Lipinski definition) is 1. The highest BCUT2D eigenvalue weighted by Crippen LogP contribution is 2.65. The van der Waals surface area contributed by atoms with Crippen molar-refractivity contribution in [2.45, 2.75) is 73.3 Å².